The molecule has 1 spiro atoms. The molecule has 2 aliphatic heterocycles. The molecule has 5 fully saturated rings. The van der Waals surface area contributed by atoms with Crippen molar-refractivity contribution in [3.8, 4) is 0 Å². The molecule has 0 amide bonds. The number of hydrogen-bond acceptors (Lipinski definition) is 5. The van der Waals surface area contributed by atoms with Gasteiger partial charge in [-0.1, -0.05) is 41.5 Å². The first-order valence-corrected chi connectivity index (χ1v) is 14.4. The van der Waals surface area contributed by atoms with Crippen LogP contribution < -0.4 is 0 Å². The Hall–Kier alpha value is -0.650. The summed E-state index contributed by atoms with van der Waals surface area (Å²) in [5.41, 5.74) is -0.411. The Labute approximate surface area is 212 Å². The van der Waals surface area contributed by atoms with Gasteiger partial charge in [0.05, 0.1) is 36.9 Å². The van der Waals surface area contributed by atoms with Gasteiger partial charge >= 0.3 is 5.97 Å². The maximum absolute atomic E-state index is 12.8. The Morgan fingerprint density at radius 2 is 1.71 bits per heavy atom. The Morgan fingerprint density at radius 1 is 1.00 bits per heavy atom. The highest BCUT2D eigenvalue weighted by atomic mass is 16.6. The van der Waals surface area contributed by atoms with Crippen LogP contribution in [0.2, 0.25) is 0 Å². The number of esters is 1. The molecule has 5 rings (SSSR count). The van der Waals surface area contributed by atoms with Crippen LogP contribution in [0.1, 0.15) is 106 Å². The average molecular weight is 491 g/mol. The molecule has 5 aliphatic rings. The van der Waals surface area contributed by atoms with Gasteiger partial charge in [0.25, 0.3) is 0 Å². The first-order chi connectivity index (χ1) is 16.2. The molecule has 0 radical (unpaired) electrons. The van der Waals surface area contributed by atoms with Crippen molar-refractivity contribution in [1.29, 1.82) is 0 Å². The molecule has 35 heavy (non-hydrogen) atoms. The normalized spacial score (nSPS) is 51.6. The Bertz CT molecular complexity index is 854. The summed E-state index contributed by atoms with van der Waals surface area (Å²) in [5.74, 6) is 1.71. The molecule has 2 heterocycles. The van der Waals surface area contributed by atoms with E-state index in [2.05, 4.69) is 48.5 Å². The fraction of sp³-hybridized carbons (Fsp3) is 0.967. The Morgan fingerprint density at radius 3 is 2.34 bits per heavy atom. The maximum Gasteiger partial charge on any atom is 0.306 e. The molecule has 0 aromatic heterocycles. The number of carbonyl (C=O) groups is 1. The van der Waals surface area contributed by atoms with E-state index in [1.165, 1.54) is 0 Å². The molecule has 0 aromatic rings. The van der Waals surface area contributed by atoms with Crippen LogP contribution in [-0.4, -0.2) is 46.7 Å². The van der Waals surface area contributed by atoms with Crippen molar-refractivity contribution >= 4 is 5.97 Å². The molecular formula is C30H50O5. The number of ether oxygens (including phenoxy) is 2. The van der Waals surface area contributed by atoms with Crippen molar-refractivity contribution in [2.45, 2.75) is 130 Å². The van der Waals surface area contributed by atoms with Gasteiger partial charge in [-0.15, -0.1) is 0 Å². The van der Waals surface area contributed by atoms with Gasteiger partial charge in [0, 0.05) is 11.8 Å². The van der Waals surface area contributed by atoms with E-state index in [4.69, 9.17) is 9.47 Å². The molecule has 0 aromatic carbocycles. The van der Waals surface area contributed by atoms with Gasteiger partial charge in [0.2, 0.25) is 0 Å². The van der Waals surface area contributed by atoms with E-state index in [1.54, 1.807) is 0 Å². The number of fused-ring (bicyclic) bond motifs is 4. The third kappa shape index (κ3) is 3.68. The smallest absolute Gasteiger partial charge is 0.306 e. The number of hydrogen-bond donors (Lipinski definition) is 2. The summed E-state index contributed by atoms with van der Waals surface area (Å²) in [7, 11) is 0. The number of epoxide rings is 1. The maximum atomic E-state index is 12.8. The number of aliphatic hydroxyl groups excluding tert-OH is 2. The zero-order chi connectivity index (χ0) is 25.6. The highest BCUT2D eigenvalue weighted by Gasteiger charge is 2.73. The van der Waals surface area contributed by atoms with E-state index in [1.807, 2.05) is 0 Å². The highest BCUT2D eigenvalue weighted by Crippen LogP contribution is 2.75. The van der Waals surface area contributed by atoms with Crippen molar-refractivity contribution < 1.29 is 24.5 Å². The van der Waals surface area contributed by atoms with Crippen LogP contribution in [-0.2, 0) is 14.3 Å². The first-order valence-electron chi connectivity index (χ1n) is 14.4. The van der Waals surface area contributed by atoms with Crippen molar-refractivity contribution in [3.63, 3.8) is 0 Å². The van der Waals surface area contributed by atoms with Crippen molar-refractivity contribution in [2.24, 2.45) is 45.3 Å². The van der Waals surface area contributed by atoms with Crippen molar-refractivity contribution in [2.75, 3.05) is 6.61 Å². The van der Waals surface area contributed by atoms with Gasteiger partial charge in [-0.2, -0.15) is 0 Å². The lowest BCUT2D eigenvalue weighted by atomic mass is 9.34. The van der Waals surface area contributed by atoms with Crippen LogP contribution >= 0.6 is 0 Å². The monoisotopic (exact) mass is 490 g/mol. The molecule has 5 nitrogen and oxygen atoms in total. The highest BCUT2D eigenvalue weighted by molar-refractivity contribution is 5.73. The van der Waals surface area contributed by atoms with E-state index < -0.39 is 0 Å². The van der Waals surface area contributed by atoms with Crippen LogP contribution in [0.15, 0.2) is 0 Å². The van der Waals surface area contributed by atoms with E-state index in [9.17, 15) is 15.0 Å². The van der Waals surface area contributed by atoms with Crippen molar-refractivity contribution in [1.82, 2.24) is 0 Å². The van der Waals surface area contributed by atoms with E-state index in [-0.39, 0.29) is 57.5 Å². The van der Waals surface area contributed by atoms with Gasteiger partial charge in [0.15, 0.2) is 0 Å². The molecule has 0 bridgehead atoms. The molecule has 3 aliphatic carbocycles. The predicted molar refractivity (Wildman–Crippen MR) is 136 cm³/mol. The number of rotatable bonds is 5. The summed E-state index contributed by atoms with van der Waals surface area (Å²) in [5, 5.41) is 21.6. The minimum Gasteiger partial charge on any atom is -0.465 e. The predicted octanol–water partition coefficient (Wildman–Crippen LogP) is 5.50. The average Bonchev–Trinajstić information content (AvgIpc) is 3.21. The zero-order valence-corrected chi connectivity index (χ0v) is 23.2. The minimum atomic E-state index is -0.348. The van der Waals surface area contributed by atoms with Gasteiger partial charge in [0.1, 0.15) is 0 Å². The molecule has 200 valence electrons. The van der Waals surface area contributed by atoms with E-state index in [0.717, 1.165) is 44.9 Å². The first kappa shape index (κ1) is 26.0. The number of cyclic esters (lactones) is 1. The largest absolute Gasteiger partial charge is 0.465 e. The van der Waals surface area contributed by atoms with E-state index in [0.29, 0.717) is 37.2 Å². The number of aliphatic hydroxyl groups is 2. The van der Waals surface area contributed by atoms with Crippen molar-refractivity contribution in [3.05, 3.63) is 0 Å². The second-order valence-electron chi connectivity index (χ2n) is 15.0. The lowest BCUT2D eigenvalue weighted by Crippen LogP contribution is -2.65. The number of carbonyl (C=O) groups excluding carboxylic acids is 1. The van der Waals surface area contributed by atoms with Gasteiger partial charge < -0.3 is 19.7 Å². The Balaban J connectivity index is 1.46. The quantitative estimate of drug-likeness (QED) is 0.393. The molecule has 2 saturated heterocycles. The third-order valence-electron chi connectivity index (χ3n) is 12.3. The topological polar surface area (TPSA) is 79.3 Å². The van der Waals surface area contributed by atoms with Crippen LogP contribution in [0, 0.1) is 45.3 Å². The zero-order valence-electron chi connectivity index (χ0n) is 23.2. The standard InChI is InChI=1S/C30H50O5/c1-18(2)14-19(31)15-29(7)25(35-29)20-8-9-22-27(5)12-11-23(32)26(3,4)21(27)10-13-28(22,6)30(20)16-24(33)34-17-30/h18-23,25,31-32H,8-17H2,1-7H3/t19-,20-,21+,22-,23+,25+,27+,28-,29+,30+/m1/s1. The summed E-state index contributed by atoms with van der Waals surface area (Å²) in [6.45, 7) is 16.5. The minimum absolute atomic E-state index is 0.00904. The second kappa shape index (κ2) is 8.17. The summed E-state index contributed by atoms with van der Waals surface area (Å²) < 4.78 is 12.3. The summed E-state index contributed by atoms with van der Waals surface area (Å²) >= 11 is 0. The van der Waals surface area contributed by atoms with Crippen LogP contribution in [0.3, 0.4) is 0 Å². The summed E-state index contributed by atoms with van der Waals surface area (Å²) in [6, 6.07) is 0. The van der Waals surface area contributed by atoms with Gasteiger partial charge in [-0.3, -0.25) is 4.79 Å². The second-order valence-corrected chi connectivity index (χ2v) is 15.0. The SMILES string of the molecule is CC(C)C[C@@H](O)C[C@]1(C)O[C@H]1[C@H]1CC[C@@H]2[C@@]3(C)CC[C@H](O)C(C)(C)[C@@H]3CC[C@@]2(C)[C@@]12COC(=O)C2. The fourth-order valence-corrected chi connectivity index (χ4v) is 10.5. The molecule has 0 unspecified atom stereocenters. The molecule has 10 atom stereocenters. The summed E-state index contributed by atoms with van der Waals surface area (Å²) in [6.07, 6.45) is 7.81. The molecule has 5 heteroatoms. The fourth-order valence-electron chi connectivity index (χ4n) is 10.5. The molecule has 2 N–H and O–H groups in total. The molecular weight excluding hydrogens is 440 g/mol. The third-order valence-corrected chi connectivity index (χ3v) is 12.3. The lowest BCUT2D eigenvalue weighted by Gasteiger charge is -2.69. The lowest BCUT2D eigenvalue weighted by molar-refractivity contribution is -0.229. The van der Waals surface area contributed by atoms with E-state index >= 15 is 0 Å². The van der Waals surface area contributed by atoms with Gasteiger partial charge in [-0.05, 0) is 91.8 Å². The van der Waals surface area contributed by atoms with Crippen LogP contribution in [0.5, 0.6) is 0 Å². The van der Waals surface area contributed by atoms with Crippen LogP contribution in [0.4, 0.5) is 0 Å². The Kier molecular flexibility index (Phi) is 6.07. The molecule has 3 saturated carbocycles. The van der Waals surface area contributed by atoms with Crippen LogP contribution in [0.25, 0.3) is 0 Å². The van der Waals surface area contributed by atoms with Gasteiger partial charge in [-0.25, -0.2) is 0 Å². The summed E-state index contributed by atoms with van der Waals surface area (Å²) in [4.78, 5) is 12.8.